The fraction of sp³-hybridized carbons (Fsp3) is 0.800. The lowest BCUT2D eigenvalue weighted by Crippen LogP contribution is -2.45. The molecule has 2 heterocycles. The molecule has 1 aliphatic carbocycles. The summed E-state index contributed by atoms with van der Waals surface area (Å²) in [5, 5.41) is 8.11. The zero-order valence-corrected chi connectivity index (χ0v) is 12.1. The first kappa shape index (κ1) is 13.1. The number of aryl methyl sites for hydroxylation is 2. The van der Waals surface area contributed by atoms with Gasteiger partial charge in [-0.15, -0.1) is 0 Å². The first-order chi connectivity index (χ1) is 9.17. The first-order valence-corrected chi connectivity index (χ1v) is 7.53. The Bertz CT molecular complexity index is 435. The molecule has 19 heavy (non-hydrogen) atoms. The summed E-state index contributed by atoms with van der Waals surface area (Å²) in [6, 6.07) is 0.603. The molecule has 4 nitrogen and oxygen atoms in total. The highest BCUT2D eigenvalue weighted by molar-refractivity contribution is 5.15. The minimum Gasteiger partial charge on any atom is -0.375 e. The third-order valence-electron chi connectivity index (χ3n) is 4.70. The van der Waals surface area contributed by atoms with Crippen LogP contribution in [0, 0.1) is 6.92 Å². The molecule has 1 aromatic heterocycles. The van der Waals surface area contributed by atoms with Crippen LogP contribution in [0.25, 0.3) is 0 Å². The van der Waals surface area contributed by atoms with Crippen LogP contribution in [0.1, 0.15) is 49.8 Å². The third kappa shape index (κ3) is 2.84. The van der Waals surface area contributed by atoms with Gasteiger partial charge in [0.25, 0.3) is 0 Å². The molecule has 1 unspecified atom stereocenters. The van der Waals surface area contributed by atoms with Crippen molar-refractivity contribution in [2.75, 3.05) is 6.61 Å². The van der Waals surface area contributed by atoms with E-state index in [0.29, 0.717) is 6.04 Å². The number of ether oxygens (including phenoxy) is 1. The monoisotopic (exact) mass is 263 g/mol. The molecule has 1 aromatic rings. The van der Waals surface area contributed by atoms with Crippen molar-refractivity contribution >= 4 is 0 Å². The molecular formula is C15H25N3O. The molecule has 1 aliphatic heterocycles. The summed E-state index contributed by atoms with van der Waals surface area (Å²) < 4.78 is 7.98. The largest absolute Gasteiger partial charge is 0.375 e. The van der Waals surface area contributed by atoms with Crippen molar-refractivity contribution in [3.8, 4) is 0 Å². The topological polar surface area (TPSA) is 39.1 Å². The number of nitrogens with zero attached hydrogens (tertiary/aromatic N) is 2. The highest BCUT2D eigenvalue weighted by Gasteiger charge is 2.39. The molecule has 4 heteroatoms. The van der Waals surface area contributed by atoms with E-state index in [1.165, 1.54) is 37.7 Å². The maximum atomic E-state index is 6.08. The Morgan fingerprint density at radius 2 is 2.26 bits per heavy atom. The SMILES string of the molecule is Cc1nn(C)cc1CNC1CCOC2(CCCC2)C1. The van der Waals surface area contributed by atoms with Crippen molar-refractivity contribution in [2.45, 2.75) is 63.6 Å². The van der Waals surface area contributed by atoms with Crippen molar-refractivity contribution in [3.05, 3.63) is 17.5 Å². The van der Waals surface area contributed by atoms with Crippen LogP contribution in [0.4, 0.5) is 0 Å². The summed E-state index contributed by atoms with van der Waals surface area (Å²) in [5.74, 6) is 0. The number of hydrogen-bond acceptors (Lipinski definition) is 3. The lowest BCUT2D eigenvalue weighted by atomic mass is 9.89. The van der Waals surface area contributed by atoms with Gasteiger partial charge < -0.3 is 10.1 Å². The Kier molecular flexibility index (Phi) is 3.63. The molecular weight excluding hydrogens is 238 g/mol. The third-order valence-corrected chi connectivity index (χ3v) is 4.70. The summed E-state index contributed by atoms with van der Waals surface area (Å²) in [5.41, 5.74) is 2.66. The van der Waals surface area contributed by atoms with E-state index in [2.05, 4.69) is 23.5 Å². The van der Waals surface area contributed by atoms with Crippen molar-refractivity contribution in [3.63, 3.8) is 0 Å². The van der Waals surface area contributed by atoms with E-state index >= 15 is 0 Å². The molecule has 0 bridgehead atoms. The Morgan fingerprint density at radius 1 is 1.47 bits per heavy atom. The quantitative estimate of drug-likeness (QED) is 0.909. The molecule has 3 rings (SSSR count). The predicted octanol–water partition coefficient (Wildman–Crippen LogP) is 2.31. The lowest BCUT2D eigenvalue weighted by molar-refractivity contribution is -0.0837. The van der Waals surface area contributed by atoms with Gasteiger partial charge >= 0.3 is 0 Å². The molecule has 0 radical (unpaired) electrons. The smallest absolute Gasteiger partial charge is 0.0697 e. The Hall–Kier alpha value is -0.870. The number of rotatable bonds is 3. The molecule has 1 saturated heterocycles. The lowest BCUT2D eigenvalue weighted by Gasteiger charge is -2.38. The summed E-state index contributed by atoms with van der Waals surface area (Å²) in [4.78, 5) is 0. The highest BCUT2D eigenvalue weighted by Crippen LogP contribution is 2.39. The normalized spacial score (nSPS) is 26.1. The van der Waals surface area contributed by atoms with Crippen LogP contribution in [0.3, 0.4) is 0 Å². The maximum absolute atomic E-state index is 6.08. The first-order valence-electron chi connectivity index (χ1n) is 7.53. The highest BCUT2D eigenvalue weighted by atomic mass is 16.5. The predicted molar refractivity (Wildman–Crippen MR) is 75.0 cm³/mol. The van der Waals surface area contributed by atoms with E-state index in [4.69, 9.17) is 4.74 Å². The molecule has 2 fully saturated rings. The number of hydrogen-bond donors (Lipinski definition) is 1. The van der Waals surface area contributed by atoms with Crippen LogP contribution in [0.15, 0.2) is 6.20 Å². The second-order valence-electron chi connectivity index (χ2n) is 6.22. The Labute approximate surface area is 115 Å². The van der Waals surface area contributed by atoms with Gasteiger partial charge in [-0.05, 0) is 32.6 Å². The minimum atomic E-state index is 0.208. The molecule has 0 amide bonds. The van der Waals surface area contributed by atoms with Crippen LogP contribution in [0.5, 0.6) is 0 Å². The molecule has 1 saturated carbocycles. The van der Waals surface area contributed by atoms with Gasteiger partial charge in [-0.2, -0.15) is 5.10 Å². The van der Waals surface area contributed by atoms with Gasteiger partial charge in [0.2, 0.25) is 0 Å². The fourth-order valence-corrected chi connectivity index (χ4v) is 3.65. The standard InChI is InChI=1S/C15H25N3O/c1-12-13(11-18(2)17-12)10-16-14-5-8-19-15(9-14)6-3-4-7-15/h11,14,16H,3-10H2,1-2H3. The summed E-state index contributed by atoms with van der Waals surface area (Å²) in [7, 11) is 1.98. The Balaban J connectivity index is 1.56. The van der Waals surface area contributed by atoms with E-state index < -0.39 is 0 Å². The van der Waals surface area contributed by atoms with E-state index in [1.807, 2.05) is 11.7 Å². The van der Waals surface area contributed by atoms with Gasteiger partial charge in [0.05, 0.1) is 11.3 Å². The summed E-state index contributed by atoms with van der Waals surface area (Å²) >= 11 is 0. The second kappa shape index (κ2) is 5.25. The second-order valence-corrected chi connectivity index (χ2v) is 6.22. The van der Waals surface area contributed by atoms with Gasteiger partial charge in [0.1, 0.15) is 0 Å². The van der Waals surface area contributed by atoms with Crippen LogP contribution in [-0.4, -0.2) is 28.0 Å². The van der Waals surface area contributed by atoms with Crippen LogP contribution in [-0.2, 0) is 18.3 Å². The van der Waals surface area contributed by atoms with Crippen LogP contribution >= 0.6 is 0 Å². The Morgan fingerprint density at radius 3 is 2.95 bits per heavy atom. The molecule has 1 N–H and O–H groups in total. The van der Waals surface area contributed by atoms with Crippen molar-refractivity contribution < 1.29 is 4.74 Å². The summed E-state index contributed by atoms with van der Waals surface area (Å²) in [6.07, 6.45) is 9.65. The fourth-order valence-electron chi connectivity index (χ4n) is 3.65. The van der Waals surface area contributed by atoms with Gasteiger partial charge in [-0.25, -0.2) is 0 Å². The van der Waals surface area contributed by atoms with Gasteiger partial charge in [0, 0.05) is 38.0 Å². The average molecular weight is 263 g/mol. The van der Waals surface area contributed by atoms with E-state index in [1.54, 1.807) is 0 Å². The molecule has 0 aromatic carbocycles. The molecule has 2 aliphatic rings. The van der Waals surface area contributed by atoms with Gasteiger partial charge in [0.15, 0.2) is 0 Å². The van der Waals surface area contributed by atoms with Crippen LogP contribution in [0.2, 0.25) is 0 Å². The number of aromatic nitrogens is 2. The number of nitrogens with one attached hydrogen (secondary N) is 1. The van der Waals surface area contributed by atoms with Crippen molar-refractivity contribution in [1.29, 1.82) is 0 Å². The van der Waals surface area contributed by atoms with Gasteiger partial charge in [-0.1, -0.05) is 12.8 Å². The average Bonchev–Trinajstić information content (AvgIpc) is 2.94. The van der Waals surface area contributed by atoms with Crippen LogP contribution < -0.4 is 5.32 Å². The van der Waals surface area contributed by atoms with Crippen molar-refractivity contribution in [2.24, 2.45) is 7.05 Å². The van der Waals surface area contributed by atoms with Gasteiger partial charge in [-0.3, -0.25) is 4.68 Å². The van der Waals surface area contributed by atoms with E-state index in [-0.39, 0.29) is 5.60 Å². The molecule has 106 valence electrons. The van der Waals surface area contributed by atoms with E-state index in [9.17, 15) is 0 Å². The zero-order chi connectivity index (χ0) is 13.3. The maximum Gasteiger partial charge on any atom is 0.0697 e. The molecule has 1 atom stereocenters. The summed E-state index contributed by atoms with van der Waals surface area (Å²) in [6.45, 7) is 3.93. The van der Waals surface area contributed by atoms with E-state index in [0.717, 1.165) is 25.3 Å². The zero-order valence-electron chi connectivity index (χ0n) is 12.1. The molecule has 1 spiro atoms. The van der Waals surface area contributed by atoms with Crippen molar-refractivity contribution in [1.82, 2.24) is 15.1 Å². The minimum absolute atomic E-state index is 0.208.